The van der Waals surface area contributed by atoms with Crippen LogP contribution in [0.5, 0.6) is 0 Å². The molecule has 1 fully saturated rings. The number of rotatable bonds is 7. The number of hydrogen-bond donors (Lipinski definition) is 1. The molecule has 7 heteroatoms. The number of benzene rings is 1. The highest BCUT2D eigenvalue weighted by Gasteiger charge is 2.28. The first-order valence-electron chi connectivity index (χ1n) is 10.6. The van der Waals surface area contributed by atoms with Gasteiger partial charge in [0.25, 0.3) is 5.91 Å². The number of carbonyl (C=O) groups is 2. The maximum Gasteiger partial charge on any atom is 0.270 e. The number of carbonyl (C=O) groups excluding carboxylic acids is 2. The third-order valence-corrected chi connectivity index (χ3v) is 6.62. The van der Waals surface area contributed by atoms with Crippen molar-refractivity contribution in [3.8, 4) is 0 Å². The van der Waals surface area contributed by atoms with Gasteiger partial charge in [0.05, 0.1) is 6.54 Å². The van der Waals surface area contributed by atoms with Crippen molar-refractivity contribution >= 4 is 23.2 Å². The fourth-order valence-corrected chi connectivity index (χ4v) is 4.69. The van der Waals surface area contributed by atoms with Gasteiger partial charge in [-0.25, -0.2) is 4.39 Å². The molecule has 5 nitrogen and oxygen atoms in total. The summed E-state index contributed by atoms with van der Waals surface area (Å²) in [5, 5.41) is 4.96. The third kappa shape index (κ3) is 5.22. The van der Waals surface area contributed by atoms with Gasteiger partial charge in [-0.15, -0.1) is 11.3 Å². The molecular weight excluding hydrogens is 413 g/mol. The van der Waals surface area contributed by atoms with Crippen LogP contribution in [0, 0.1) is 11.7 Å². The lowest BCUT2D eigenvalue weighted by Gasteiger charge is -2.31. The molecule has 0 saturated carbocycles. The number of likely N-dealkylation sites (tertiary alicyclic amines) is 1. The maximum absolute atomic E-state index is 13.7. The quantitative estimate of drug-likeness (QED) is 0.606. The molecule has 0 unspecified atom stereocenters. The van der Waals surface area contributed by atoms with Crippen molar-refractivity contribution in [1.29, 1.82) is 0 Å². The molecule has 2 amide bonds. The lowest BCUT2D eigenvalue weighted by molar-refractivity contribution is -0.126. The SMILES string of the molecule is O=C(NCCc1ccccc1F)C1CCN(C(=O)c2cccn2Cc2cccs2)CC1. The van der Waals surface area contributed by atoms with Crippen LogP contribution in [0.4, 0.5) is 4.39 Å². The molecule has 0 aliphatic carbocycles. The molecule has 1 aromatic carbocycles. The summed E-state index contributed by atoms with van der Waals surface area (Å²) in [6.45, 7) is 2.23. The van der Waals surface area contributed by atoms with Gasteiger partial charge in [0.2, 0.25) is 5.91 Å². The van der Waals surface area contributed by atoms with Crippen LogP contribution in [0.25, 0.3) is 0 Å². The van der Waals surface area contributed by atoms with E-state index in [4.69, 9.17) is 0 Å². The highest BCUT2D eigenvalue weighted by atomic mass is 32.1. The fraction of sp³-hybridized carbons (Fsp3) is 0.333. The van der Waals surface area contributed by atoms with Gasteiger partial charge in [-0.3, -0.25) is 9.59 Å². The number of amides is 2. The summed E-state index contributed by atoms with van der Waals surface area (Å²) >= 11 is 1.68. The summed E-state index contributed by atoms with van der Waals surface area (Å²) in [7, 11) is 0. The summed E-state index contributed by atoms with van der Waals surface area (Å²) < 4.78 is 15.7. The molecule has 0 bridgehead atoms. The van der Waals surface area contributed by atoms with Crippen LogP contribution in [0.2, 0.25) is 0 Å². The number of piperidine rings is 1. The lowest BCUT2D eigenvalue weighted by atomic mass is 9.95. The minimum Gasteiger partial charge on any atom is -0.356 e. The molecule has 3 aromatic rings. The zero-order valence-electron chi connectivity index (χ0n) is 17.3. The number of hydrogen-bond acceptors (Lipinski definition) is 3. The predicted molar refractivity (Wildman–Crippen MR) is 120 cm³/mol. The van der Waals surface area contributed by atoms with E-state index in [-0.39, 0.29) is 23.5 Å². The second kappa shape index (κ2) is 9.92. The molecular formula is C24H26FN3O2S. The van der Waals surface area contributed by atoms with E-state index in [0.717, 1.165) is 0 Å². The van der Waals surface area contributed by atoms with Crippen LogP contribution in [0.1, 0.15) is 33.8 Å². The first-order chi connectivity index (χ1) is 15.1. The minimum absolute atomic E-state index is 0.00971. The Morgan fingerprint density at radius 3 is 2.61 bits per heavy atom. The normalized spacial score (nSPS) is 14.5. The van der Waals surface area contributed by atoms with Crippen LogP contribution in [0.3, 0.4) is 0 Å². The highest BCUT2D eigenvalue weighted by Crippen LogP contribution is 2.21. The predicted octanol–water partition coefficient (Wildman–Crippen LogP) is 3.95. The van der Waals surface area contributed by atoms with Gasteiger partial charge in [0.1, 0.15) is 11.5 Å². The van der Waals surface area contributed by atoms with Crippen LogP contribution in [-0.4, -0.2) is 40.9 Å². The van der Waals surface area contributed by atoms with Gasteiger partial charge < -0.3 is 14.8 Å². The molecule has 4 rings (SSSR count). The van der Waals surface area contributed by atoms with E-state index in [9.17, 15) is 14.0 Å². The first kappa shape index (κ1) is 21.3. The van der Waals surface area contributed by atoms with Crippen LogP contribution in [0.15, 0.2) is 60.1 Å². The molecule has 1 saturated heterocycles. The van der Waals surface area contributed by atoms with Crippen LogP contribution in [-0.2, 0) is 17.8 Å². The Hall–Kier alpha value is -2.93. The van der Waals surface area contributed by atoms with Crippen molar-refractivity contribution in [2.45, 2.75) is 25.8 Å². The number of halogens is 1. The van der Waals surface area contributed by atoms with E-state index in [0.29, 0.717) is 56.7 Å². The van der Waals surface area contributed by atoms with Crippen LogP contribution < -0.4 is 5.32 Å². The van der Waals surface area contributed by atoms with Crippen molar-refractivity contribution in [3.05, 3.63) is 82.1 Å². The molecule has 0 radical (unpaired) electrons. The van der Waals surface area contributed by atoms with Crippen molar-refractivity contribution in [2.24, 2.45) is 5.92 Å². The zero-order valence-corrected chi connectivity index (χ0v) is 18.1. The average molecular weight is 440 g/mol. The molecule has 0 spiro atoms. The fourth-order valence-electron chi connectivity index (χ4n) is 3.99. The van der Waals surface area contributed by atoms with E-state index in [1.807, 2.05) is 39.2 Å². The van der Waals surface area contributed by atoms with E-state index in [1.165, 1.54) is 10.9 Å². The lowest BCUT2D eigenvalue weighted by Crippen LogP contribution is -2.43. The monoisotopic (exact) mass is 439 g/mol. The van der Waals surface area contributed by atoms with Gasteiger partial charge in [0.15, 0.2) is 0 Å². The van der Waals surface area contributed by atoms with E-state index in [1.54, 1.807) is 29.5 Å². The van der Waals surface area contributed by atoms with E-state index >= 15 is 0 Å². The van der Waals surface area contributed by atoms with Gasteiger partial charge in [-0.1, -0.05) is 24.3 Å². The summed E-state index contributed by atoms with van der Waals surface area (Å²) in [6.07, 6.45) is 3.69. The average Bonchev–Trinajstić information content (AvgIpc) is 3.47. The Morgan fingerprint density at radius 1 is 1.06 bits per heavy atom. The molecule has 1 aliphatic heterocycles. The van der Waals surface area contributed by atoms with Gasteiger partial charge in [-0.2, -0.15) is 0 Å². The summed E-state index contributed by atoms with van der Waals surface area (Å²) in [4.78, 5) is 28.6. The second-order valence-electron chi connectivity index (χ2n) is 7.80. The summed E-state index contributed by atoms with van der Waals surface area (Å²) in [5.74, 6) is -0.348. The molecule has 3 heterocycles. The molecule has 1 N–H and O–H groups in total. The largest absolute Gasteiger partial charge is 0.356 e. The number of thiophene rings is 1. The number of nitrogens with zero attached hydrogens (tertiary/aromatic N) is 2. The second-order valence-corrected chi connectivity index (χ2v) is 8.83. The number of nitrogens with one attached hydrogen (secondary N) is 1. The Balaban J connectivity index is 1.26. The van der Waals surface area contributed by atoms with E-state index in [2.05, 4.69) is 11.4 Å². The summed E-state index contributed by atoms with van der Waals surface area (Å²) in [5.41, 5.74) is 1.29. The van der Waals surface area contributed by atoms with Gasteiger partial charge in [0, 0.05) is 36.6 Å². The van der Waals surface area contributed by atoms with E-state index < -0.39 is 0 Å². The Morgan fingerprint density at radius 2 is 1.87 bits per heavy atom. The third-order valence-electron chi connectivity index (χ3n) is 5.76. The Bertz CT molecular complexity index is 1020. The molecule has 162 valence electrons. The first-order valence-corrected chi connectivity index (χ1v) is 11.5. The topological polar surface area (TPSA) is 54.3 Å². The minimum atomic E-state index is -0.243. The standard InChI is InChI=1S/C24H26FN3O2S/c25-21-7-2-1-5-18(21)9-12-26-23(29)19-10-14-27(15-11-19)24(30)22-8-3-13-28(22)17-20-6-4-16-31-20/h1-8,13,16,19H,9-12,14-15,17H2,(H,26,29). The molecule has 31 heavy (non-hydrogen) atoms. The zero-order chi connectivity index (χ0) is 21.6. The number of aromatic nitrogens is 1. The van der Waals surface area contributed by atoms with Crippen molar-refractivity contribution in [3.63, 3.8) is 0 Å². The van der Waals surface area contributed by atoms with Gasteiger partial charge >= 0.3 is 0 Å². The Labute approximate surface area is 185 Å². The molecule has 1 aliphatic rings. The van der Waals surface area contributed by atoms with Gasteiger partial charge in [-0.05, 0) is 54.5 Å². The summed E-state index contributed by atoms with van der Waals surface area (Å²) in [6, 6.07) is 14.5. The molecule has 2 aromatic heterocycles. The van der Waals surface area contributed by atoms with Crippen molar-refractivity contribution < 1.29 is 14.0 Å². The maximum atomic E-state index is 13.7. The smallest absolute Gasteiger partial charge is 0.270 e. The Kier molecular flexibility index (Phi) is 6.82. The highest BCUT2D eigenvalue weighted by molar-refractivity contribution is 7.09. The van der Waals surface area contributed by atoms with Crippen molar-refractivity contribution in [1.82, 2.24) is 14.8 Å². The molecule has 0 atom stereocenters. The van der Waals surface area contributed by atoms with Crippen molar-refractivity contribution in [2.75, 3.05) is 19.6 Å². The van der Waals surface area contributed by atoms with Crippen LogP contribution >= 0.6 is 11.3 Å².